The minimum absolute atomic E-state index is 0.124. The molecule has 1 atom stereocenters. The lowest BCUT2D eigenvalue weighted by Crippen LogP contribution is -2.32. The van der Waals surface area contributed by atoms with Gasteiger partial charge in [0.25, 0.3) is 0 Å². The van der Waals surface area contributed by atoms with Gasteiger partial charge in [0.05, 0.1) is 18.2 Å². The van der Waals surface area contributed by atoms with Crippen LogP contribution < -0.4 is 14.8 Å². The van der Waals surface area contributed by atoms with Crippen LogP contribution in [-0.2, 0) is 0 Å². The maximum atomic E-state index is 10.7. The second kappa shape index (κ2) is 5.02. The average molecular weight is 323 g/mol. The van der Waals surface area contributed by atoms with Gasteiger partial charge in [-0.25, -0.2) is 0 Å². The Kier molecular flexibility index (Phi) is 3.15. The van der Waals surface area contributed by atoms with E-state index in [-0.39, 0.29) is 5.54 Å². The van der Waals surface area contributed by atoms with Crippen LogP contribution in [0, 0.1) is 0 Å². The number of benzene rings is 2. The van der Waals surface area contributed by atoms with E-state index in [4.69, 9.17) is 9.47 Å². The van der Waals surface area contributed by atoms with E-state index in [2.05, 4.69) is 38.2 Å². The number of rotatable bonds is 1. The van der Waals surface area contributed by atoms with Crippen molar-refractivity contribution in [3.63, 3.8) is 0 Å². The number of methoxy groups -OCH3 is 1. The van der Waals surface area contributed by atoms with E-state index in [1.165, 1.54) is 0 Å². The van der Waals surface area contributed by atoms with Gasteiger partial charge in [0.2, 0.25) is 6.29 Å². The summed E-state index contributed by atoms with van der Waals surface area (Å²) in [6, 6.07) is 9.73. The van der Waals surface area contributed by atoms with Crippen LogP contribution in [0.15, 0.2) is 36.4 Å². The van der Waals surface area contributed by atoms with Crippen molar-refractivity contribution >= 4 is 11.3 Å². The van der Waals surface area contributed by atoms with E-state index < -0.39 is 6.29 Å². The standard InChI is InChI=1S/C20H21NO3/c1-11-10-20(2,3)21-13-9-8-12-17-14(23-4)6-5-7-15(17)24-19(22)18(12)16(11)13/h5-10,19,21-22H,1-4H3. The monoisotopic (exact) mass is 323 g/mol. The highest BCUT2D eigenvalue weighted by Gasteiger charge is 2.33. The zero-order valence-corrected chi connectivity index (χ0v) is 14.3. The van der Waals surface area contributed by atoms with E-state index in [1.807, 2.05) is 24.3 Å². The maximum absolute atomic E-state index is 10.7. The van der Waals surface area contributed by atoms with E-state index in [0.717, 1.165) is 39.3 Å². The molecule has 0 amide bonds. The second-order valence-corrected chi connectivity index (χ2v) is 6.93. The Labute approximate surface area is 141 Å². The molecule has 0 fully saturated rings. The van der Waals surface area contributed by atoms with Crippen LogP contribution in [0.2, 0.25) is 0 Å². The summed E-state index contributed by atoms with van der Waals surface area (Å²) >= 11 is 0. The van der Waals surface area contributed by atoms with Gasteiger partial charge in [-0.15, -0.1) is 0 Å². The average Bonchev–Trinajstić information content (AvgIpc) is 2.52. The van der Waals surface area contributed by atoms with Crippen molar-refractivity contribution < 1.29 is 14.6 Å². The zero-order chi connectivity index (χ0) is 17.1. The predicted molar refractivity (Wildman–Crippen MR) is 95.4 cm³/mol. The molecule has 0 bridgehead atoms. The molecule has 0 saturated heterocycles. The van der Waals surface area contributed by atoms with Crippen LogP contribution in [0.25, 0.3) is 16.7 Å². The van der Waals surface area contributed by atoms with Gasteiger partial charge in [0.15, 0.2) is 0 Å². The van der Waals surface area contributed by atoms with Crippen molar-refractivity contribution in [2.45, 2.75) is 32.6 Å². The largest absolute Gasteiger partial charge is 0.496 e. The number of fused-ring (bicyclic) bond motifs is 5. The molecule has 4 nitrogen and oxygen atoms in total. The maximum Gasteiger partial charge on any atom is 0.225 e. The van der Waals surface area contributed by atoms with Gasteiger partial charge in [0, 0.05) is 16.8 Å². The third kappa shape index (κ3) is 2.10. The van der Waals surface area contributed by atoms with E-state index in [1.54, 1.807) is 7.11 Å². The molecule has 2 N–H and O–H groups in total. The molecule has 4 rings (SSSR count). The fourth-order valence-corrected chi connectivity index (χ4v) is 3.84. The minimum atomic E-state index is -0.999. The second-order valence-electron chi connectivity index (χ2n) is 6.93. The normalized spacial score (nSPS) is 19.9. The highest BCUT2D eigenvalue weighted by atomic mass is 16.6. The van der Waals surface area contributed by atoms with Crippen LogP contribution in [0.5, 0.6) is 11.5 Å². The van der Waals surface area contributed by atoms with Gasteiger partial charge in [-0.2, -0.15) is 0 Å². The number of aliphatic hydroxyl groups is 1. The SMILES string of the molecule is COc1cccc2c1-c1ccc3c(c1C(O)O2)C(C)=CC(C)(C)N3. The third-order valence-electron chi connectivity index (χ3n) is 4.64. The zero-order valence-electron chi connectivity index (χ0n) is 14.3. The topological polar surface area (TPSA) is 50.7 Å². The highest BCUT2D eigenvalue weighted by molar-refractivity contribution is 5.91. The Hall–Kier alpha value is -2.46. The lowest BCUT2D eigenvalue weighted by atomic mass is 9.83. The molecule has 24 heavy (non-hydrogen) atoms. The quantitative estimate of drug-likeness (QED) is 0.819. The summed E-state index contributed by atoms with van der Waals surface area (Å²) in [7, 11) is 1.65. The smallest absolute Gasteiger partial charge is 0.225 e. The Bertz CT molecular complexity index is 867. The van der Waals surface area contributed by atoms with Crippen LogP contribution in [0.3, 0.4) is 0 Å². The van der Waals surface area contributed by atoms with Crippen molar-refractivity contribution in [1.29, 1.82) is 0 Å². The first-order valence-corrected chi connectivity index (χ1v) is 8.08. The van der Waals surface area contributed by atoms with Crippen LogP contribution in [0.1, 0.15) is 38.2 Å². The lowest BCUT2D eigenvalue weighted by molar-refractivity contribution is -0.0216. The number of nitrogens with one attached hydrogen (secondary N) is 1. The van der Waals surface area contributed by atoms with Gasteiger partial charge in [0.1, 0.15) is 11.5 Å². The number of hydrogen-bond acceptors (Lipinski definition) is 4. The summed E-state index contributed by atoms with van der Waals surface area (Å²) < 4.78 is 11.3. The molecule has 0 saturated carbocycles. The minimum Gasteiger partial charge on any atom is -0.496 e. The number of ether oxygens (including phenoxy) is 2. The number of aliphatic hydroxyl groups excluding tert-OH is 1. The summed E-state index contributed by atoms with van der Waals surface area (Å²) in [5.41, 5.74) is 5.67. The Morgan fingerprint density at radius 2 is 1.96 bits per heavy atom. The Morgan fingerprint density at radius 1 is 1.17 bits per heavy atom. The molecule has 2 aromatic rings. The molecule has 2 aliphatic rings. The number of allylic oxidation sites excluding steroid dienone is 1. The van der Waals surface area contributed by atoms with E-state index >= 15 is 0 Å². The van der Waals surface area contributed by atoms with Gasteiger partial charge < -0.3 is 19.9 Å². The summed E-state index contributed by atoms with van der Waals surface area (Å²) in [6.45, 7) is 6.33. The van der Waals surface area contributed by atoms with Crippen LogP contribution >= 0.6 is 0 Å². The number of hydrogen-bond donors (Lipinski definition) is 2. The highest BCUT2D eigenvalue weighted by Crippen LogP contribution is 2.51. The van der Waals surface area contributed by atoms with Crippen molar-refractivity contribution in [2.24, 2.45) is 0 Å². The molecule has 0 spiro atoms. The molecule has 2 aliphatic heterocycles. The summed E-state index contributed by atoms with van der Waals surface area (Å²) in [6.07, 6.45) is 1.18. The van der Waals surface area contributed by atoms with E-state index in [0.29, 0.717) is 5.75 Å². The fraction of sp³-hybridized carbons (Fsp3) is 0.300. The molecule has 2 heterocycles. The molecule has 4 heteroatoms. The Balaban J connectivity index is 2.02. The fourth-order valence-electron chi connectivity index (χ4n) is 3.84. The van der Waals surface area contributed by atoms with Gasteiger partial charge in [-0.05, 0) is 50.1 Å². The van der Waals surface area contributed by atoms with Crippen molar-refractivity contribution in [2.75, 3.05) is 12.4 Å². The predicted octanol–water partition coefficient (Wildman–Crippen LogP) is 4.35. The molecular weight excluding hydrogens is 302 g/mol. The van der Waals surface area contributed by atoms with Gasteiger partial charge in [-0.1, -0.05) is 18.2 Å². The first-order chi connectivity index (χ1) is 11.4. The molecular formula is C20H21NO3. The summed E-state index contributed by atoms with van der Waals surface area (Å²) in [4.78, 5) is 0. The first-order valence-electron chi connectivity index (χ1n) is 8.08. The molecule has 2 aromatic carbocycles. The molecule has 0 radical (unpaired) electrons. The summed E-state index contributed by atoms with van der Waals surface area (Å²) in [5, 5.41) is 14.2. The van der Waals surface area contributed by atoms with E-state index in [9.17, 15) is 5.11 Å². The third-order valence-corrected chi connectivity index (χ3v) is 4.64. The van der Waals surface area contributed by atoms with Crippen molar-refractivity contribution in [3.05, 3.63) is 47.5 Å². The summed E-state index contributed by atoms with van der Waals surface area (Å²) in [5.74, 6) is 1.38. The molecule has 124 valence electrons. The van der Waals surface area contributed by atoms with Gasteiger partial charge in [-0.3, -0.25) is 0 Å². The number of anilines is 1. The molecule has 0 aromatic heterocycles. The van der Waals surface area contributed by atoms with Crippen LogP contribution in [-0.4, -0.2) is 17.8 Å². The lowest BCUT2D eigenvalue weighted by Gasteiger charge is -2.36. The molecule has 1 unspecified atom stereocenters. The molecule has 0 aliphatic carbocycles. The van der Waals surface area contributed by atoms with Gasteiger partial charge >= 0.3 is 0 Å². The van der Waals surface area contributed by atoms with Crippen LogP contribution in [0.4, 0.5) is 5.69 Å². The Morgan fingerprint density at radius 3 is 2.71 bits per heavy atom. The van der Waals surface area contributed by atoms with Crippen molar-refractivity contribution in [1.82, 2.24) is 0 Å². The van der Waals surface area contributed by atoms with Crippen molar-refractivity contribution in [3.8, 4) is 22.6 Å². The first kappa shape index (κ1) is 15.1.